The van der Waals surface area contributed by atoms with E-state index >= 15 is 0 Å². The molecule has 3 aromatic rings. The zero-order valence-electron chi connectivity index (χ0n) is 20.7. The summed E-state index contributed by atoms with van der Waals surface area (Å²) in [6, 6.07) is 15.6. The fourth-order valence-electron chi connectivity index (χ4n) is 5.34. The van der Waals surface area contributed by atoms with Crippen molar-refractivity contribution >= 4 is 23.6 Å². The van der Waals surface area contributed by atoms with Crippen molar-refractivity contribution in [3.63, 3.8) is 0 Å². The summed E-state index contributed by atoms with van der Waals surface area (Å²) >= 11 is 6.20. The van der Waals surface area contributed by atoms with Gasteiger partial charge in [0, 0.05) is 50.5 Å². The quantitative estimate of drug-likeness (QED) is 0.487. The van der Waals surface area contributed by atoms with Gasteiger partial charge in [0.15, 0.2) is 0 Å². The van der Waals surface area contributed by atoms with Gasteiger partial charge in [0.2, 0.25) is 5.91 Å². The molecule has 3 heterocycles. The lowest BCUT2D eigenvalue weighted by Gasteiger charge is -2.30. The molecule has 1 saturated heterocycles. The van der Waals surface area contributed by atoms with E-state index in [9.17, 15) is 14.7 Å². The third-order valence-corrected chi connectivity index (χ3v) is 7.68. The summed E-state index contributed by atoms with van der Waals surface area (Å²) in [7, 11) is 0. The molecule has 0 saturated carbocycles. The largest absolute Gasteiger partial charge is 0.465 e. The highest BCUT2D eigenvalue weighted by Crippen LogP contribution is 2.23. The molecule has 5 rings (SSSR count). The van der Waals surface area contributed by atoms with E-state index in [0.29, 0.717) is 50.1 Å². The van der Waals surface area contributed by atoms with Gasteiger partial charge in [-0.3, -0.25) is 10.1 Å². The van der Waals surface area contributed by atoms with Gasteiger partial charge in [-0.05, 0) is 54.0 Å². The predicted molar refractivity (Wildman–Crippen MR) is 141 cm³/mol. The first-order valence-corrected chi connectivity index (χ1v) is 13.1. The Balaban J connectivity index is 1.27. The molecular formula is C28H32ClN5O3. The van der Waals surface area contributed by atoms with Gasteiger partial charge in [-0.25, -0.2) is 9.78 Å². The van der Waals surface area contributed by atoms with Crippen LogP contribution in [0.25, 0.3) is 0 Å². The summed E-state index contributed by atoms with van der Waals surface area (Å²) in [5.41, 5.74) is 4.37. The minimum absolute atomic E-state index is 0.0725. The molecule has 2 amide bonds. The van der Waals surface area contributed by atoms with Crippen LogP contribution in [0, 0.1) is 5.92 Å². The highest BCUT2D eigenvalue weighted by molar-refractivity contribution is 6.30. The van der Waals surface area contributed by atoms with E-state index in [2.05, 4.69) is 27.0 Å². The van der Waals surface area contributed by atoms with Gasteiger partial charge in [-0.1, -0.05) is 48.0 Å². The summed E-state index contributed by atoms with van der Waals surface area (Å²) in [4.78, 5) is 32.7. The van der Waals surface area contributed by atoms with Gasteiger partial charge in [0.05, 0.1) is 18.1 Å². The minimum Gasteiger partial charge on any atom is -0.465 e. The van der Waals surface area contributed by atoms with Crippen molar-refractivity contribution in [2.45, 2.75) is 51.5 Å². The minimum atomic E-state index is -0.843. The SMILES string of the molecule is O=C(O)N1CCC(Cn2cncc2CN[C@H]2Cc3ccccc3CN(Cc3cccc(Cl)c3)C2=O)CC1. The second-order valence-electron chi connectivity index (χ2n) is 9.98. The van der Waals surface area contributed by atoms with Crippen LogP contribution in [0.2, 0.25) is 5.02 Å². The molecule has 0 bridgehead atoms. The standard InChI is InChI=1S/C28H32ClN5O3/c29-24-7-3-4-21(12-24)17-33-18-23-6-2-1-5-22(23)13-26(27(33)35)31-15-25-14-30-19-34(25)16-20-8-10-32(11-9-20)28(36)37/h1-7,12,14,19-20,26,31H,8-11,13,15-18H2,(H,36,37)/t26-/m0/s1. The van der Waals surface area contributed by atoms with Crippen LogP contribution in [-0.2, 0) is 37.4 Å². The maximum Gasteiger partial charge on any atom is 0.407 e. The number of carboxylic acid groups (broad SMARTS) is 1. The number of fused-ring (bicyclic) bond motifs is 1. The molecule has 2 aromatic carbocycles. The van der Waals surface area contributed by atoms with E-state index in [0.717, 1.165) is 30.6 Å². The van der Waals surface area contributed by atoms with Crippen molar-refractivity contribution in [1.29, 1.82) is 0 Å². The third-order valence-electron chi connectivity index (χ3n) is 7.44. The molecule has 0 aliphatic carbocycles. The Bertz CT molecular complexity index is 1250. The van der Waals surface area contributed by atoms with Gasteiger partial charge in [-0.15, -0.1) is 0 Å². The lowest BCUT2D eigenvalue weighted by molar-refractivity contribution is -0.134. The number of carbonyl (C=O) groups is 2. The van der Waals surface area contributed by atoms with Crippen LogP contribution in [0.5, 0.6) is 0 Å². The first-order valence-electron chi connectivity index (χ1n) is 12.8. The van der Waals surface area contributed by atoms with E-state index in [1.807, 2.05) is 53.8 Å². The number of aromatic nitrogens is 2. The number of amides is 2. The molecule has 1 fully saturated rings. The van der Waals surface area contributed by atoms with Gasteiger partial charge in [0.1, 0.15) is 0 Å². The number of rotatable bonds is 7. The maximum atomic E-state index is 13.7. The van der Waals surface area contributed by atoms with Crippen LogP contribution < -0.4 is 5.32 Å². The molecule has 8 nitrogen and oxygen atoms in total. The van der Waals surface area contributed by atoms with Crippen LogP contribution in [0.15, 0.2) is 61.1 Å². The van der Waals surface area contributed by atoms with Gasteiger partial charge in [0.25, 0.3) is 0 Å². The van der Waals surface area contributed by atoms with Crippen molar-refractivity contribution < 1.29 is 14.7 Å². The van der Waals surface area contributed by atoms with Crippen LogP contribution in [0.1, 0.15) is 35.2 Å². The summed E-state index contributed by atoms with van der Waals surface area (Å²) in [5.74, 6) is 0.478. The summed E-state index contributed by atoms with van der Waals surface area (Å²) in [5, 5.41) is 13.4. The molecule has 0 radical (unpaired) electrons. The smallest absolute Gasteiger partial charge is 0.407 e. The second kappa shape index (κ2) is 11.4. The van der Waals surface area contributed by atoms with Crippen molar-refractivity contribution in [3.8, 4) is 0 Å². The van der Waals surface area contributed by atoms with Crippen LogP contribution in [0.4, 0.5) is 4.79 Å². The average molecular weight is 522 g/mol. The second-order valence-corrected chi connectivity index (χ2v) is 10.4. The van der Waals surface area contributed by atoms with Crippen molar-refractivity contribution in [2.24, 2.45) is 5.92 Å². The summed E-state index contributed by atoms with van der Waals surface area (Å²) in [6.07, 6.45) is 5.14. The molecule has 9 heteroatoms. The lowest BCUT2D eigenvalue weighted by atomic mass is 9.97. The molecule has 1 aromatic heterocycles. The van der Waals surface area contributed by atoms with E-state index in [-0.39, 0.29) is 11.9 Å². The molecule has 194 valence electrons. The Labute approximate surface area is 221 Å². The fraction of sp³-hybridized carbons (Fsp3) is 0.393. The lowest BCUT2D eigenvalue weighted by Crippen LogP contribution is -2.45. The molecule has 0 unspecified atom stereocenters. The number of hydrogen-bond acceptors (Lipinski definition) is 4. The number of likely N-dealkylation sites (tertiary alicyclic amines) is 1. The van der Waals surface area contributed by atoms with Crippen LogP contribution in [-0.4, -0.2) is 55.6 Å². The Morgan fingerprint density at radius 3 is 2.65 bits per heavy atom. The molecule has 0 spiro atoms. The van der Waals surface area contributed by atoms with Crippen LogP contribution in [0.3, 0.4) is 0 Å². The molecule has 2 N–H and O–H groups in total. The Morgan fingerprint density at radius 2 is 1.89 bits per heavy atom. The van der Waals surface area contributed by atoms with Gasteiger partial charge in [-0.2, -0.15) is 0 Å². The van der Waals surface area contributed by atoms with Crippen LogP contribution >= 0.6 is 11.6 Å². The number of carbonyl (C=O) groups excluding carboxylic acids is 1. The zero-order valence-corrected chi connectivity index (χ0v) is 21.5. The van der Waals surface area contributed by atoms with E-state index in [1.165, 1.54) is 16.0 Å². The number of piperidine rings is 1. The normalized spacial score (nSPS) is 18.5. The van der Waals surface area contributed by atoms with Crippen molar-refractivity contribution in [1.82, 2.24) is 24.7 Å². The number of hydrogen-bond donors (Lipinski definition) is 2. The van der Waals surface area contributed by atoms with Gasteiger partial charge < -0.3 is 19.5 Å². The molecule has 37 heavy (non-hydrogen) atoms. The molecular weight excluding hydrogens is 490 g/mol. The summed E-state index contributed by atoms with van der Waals surface area (Å²) in [6.45, 7) is 3.53. The van der Waals surface area contributed by atoms with E-state index in [4.69, 9.17) is 11.6 Å². The molecule has 2 aliphatic rings. The number of benzene rings is 2. The molecule has 1 atom stereocenters. The van der Waals surface area contributed by atoms with E-state index in [1.54, 1.807) is 0 Å². The highest BCUT2D eigenvalue weighted by atomic mass is 35.5. The Hall–Kier alpha value is -3.36. The summed E-state index contributed by atoms with van der Waals surface area (Å²) < 4.78 is 2.13. The van der Waals surface area contributed by atoms with Crippen molar-refractivity contribution in [2.75, 3.05) is 13.1 Å². The topological polar surface area (TPSA) is 90.7 Å². The first-order chi connectivity index (χ1) is 18.0. The zero-order chi connectivity index (χ0) is 25.8. The number of halogens is 1. The number of nitrogens with zero attached hydrogens (tertiary/aromatic N) is 4. The highest BCUT2D eigenvalue weighted by Gasteiger charge is 2.30. The van der Waals surface area contributed by atoms with Crippen molar-refractivity contribution in [3.05, 3.63) is 88.5 Å². The van der Waals surface area contributed by atoms with Gasteiger partial charge >= 0.3 is 6.09 Å². The number of imidazole rings is 1. The maximum absolute atomic E-state index is 13.7. The fourth-order valence-corrected chi connectivity index (χ4v) is 5.56. The average Bonchev–Trinajstić information content (AvgIpc) is 3.28. The molecule has 2 aliphatic heterocycles. The third kappa shape index (κ3) is 6.14. The predicted octanol–water partition coefficient (Wildman–Crippen LogP) is 4.17. The monoisotopic (exact) mass is 521 g/mol. The first kappa shape index (κ1) is 25.3. The number of nitrogens with one attached hydrogen (secondary N) is 1. The Kier molecular flexibility index (Phi) is 7.76. The Morgan fingerprint density at radius 1 is 1.11 bits per heavy atom. The van der Waals surface area contributed by atoms with E-state index < -0.39 is 6.09 Å².